The van der Waals surface area contributed by atoms with Gasteiger partial charge in [0.2, 0.25) is 0 Å². The fourth-order valence-electron chi connectivity index (χ4n) is 3.40. The molecule has 0 bridgehead atoms. The van der Waals surface area contributed by atoms with Crippen LogP contribution in [0.2, 0.25) is 0 Å². The number of amides is 1. The van der Waals surface area contributed by atoms with Crippen LogP contribution in [0, 0.1) is 5.82 Å². The van der Waals surface area contributed by atoms with E-state index in [0.29, 0.717) is 21.9 Å². The van der Waals surface area contributed by atoms with E-state index >= 15 is 0 Å². The van der Waals surface area contributed by atoms with Crippen molar-refractivity contribution in [2.75, 3.05) is 4.90 Å². The highest BCUT2D eigenvalue weighted by Gasteiger charge is 2.24. The molecule has 0 radical (unpaired) electrons. The molecular formula is C23H16FN3OS. The molecule has 4 nitrogen and oxygen atoms in total. The van der Waals surface area contributed by atoms with Crippen molar-refractivity contribution in [1.29, 1.82) is 0 Å². The number of nitrogens with one attached hydrogen (secondary N) is 1. The molecule has 0 spiro atoms. The maximum Gasteiger partial charge on any atom is 0.262 e. The van der Waals surface area contributed by atoms with Gasteiger partial charge in [-0.25, -0.2) is 9.37 Å². The smallest absolute Gasteiger partial charge is 0.262 e. The zero-order valence-corrected chi connectivity index (χ0v) is 16.1. The number of aromatic amines is 1. The van der Waals surface area contributed by atoms with Gasteiger partial charge in [-0.1, -0.05) is 65.9 Å². The number of hydrogen-bond acceptors (Lipinski definition) is 3. The van der Waals surface area contributed by atoms with E-state index in [4.69, 9.17) is 0 Å². The summed E-state index contributed by atoms with van der Waals surface area (Å²) in [6.45, 7) is 0.348. The minimum absolute atomic E-state index is 0.175. The van der Waals surface area contributed by atoms with Gasteiger partial charge in [0.05, 0.1) is 16.8 Å². The van der Waals surface area contributed by atoms with Crippen LogP contribution in [0.25, 0.3) is 21.1 Å². The van der Waals surface area contributed by atoms with Gasteiger partial charge in [-0.15, -0.1) is 0 Å². The van der Waals surface area contributed by atoms with Crippen molar-refractivity contribution in [2.24, 2.45) is 0 Å². The number of nitrogens with zero attached hydrogens (tertiary/aromatic N) is 2. The summed E-state index contributed by atoms with van der Waals surface area (Å²) in [4.78, 5) is 22.8. The lowest BCUT2D eigenvalue weighted by molar-refractivity contribution is 0.0986. The van der Waals surface area contributed by atoms with Gasteiger partial charge in [0.25, 0.3) is 5.91 Å². The van der Waals surface area contributed by atoms with Crippen molar-refractivity contribution in [2.45, 2.75) is 6.54 Å². The van der Waals surface area contributed by atoms with Gasteiger partial charge < -0.3 is 4.98 Å². The van der Waals surface area contributed by atoms with E-state index in [1.54, 1.807) is 17.2 Å². The Morgan fingerprint density at radius 1 is 1.00 bits per heavy atom. The number of H-pyrrole nitrogens is 1. The number of carbonyl (C=O) groups is 1. The summed E-state index contributed by atoms with van der Waals surface area (Å²) in [5, 5.41) is 1.33. The summed E-state index contributed by atoms with van der Waals surface area (Å²) in [7, 11) is 0. The third-order valence-electron chi connectivity index (χ3n) is 4.84. The first-order valence-electron chi connectivity index (χ1n) is 9.17. The van der Waals surface area contributed by atoms with E-state index in [1.807, 2.05) is 60.7 Å². The molecular weight excluding hydrogens is 385 g/mol. The number of rotatable bonds is 4. The van der Waals surface area contributed by atoms with Gasteiger partial charge in [-0.05, 0) is 23.8 Å². The summed E-state index contributed by atoms with van der Waals surface area (Å²) in [5.41, 5.74) is 2.72. The number of thiazole rings is 1. The van der Waals surface area contributed by atoms with Crippen molar-refractivity contribution in [3.05, 3.63) is 95.9 Å². The number of para-hydroxylation sites is 2. The number of benzene rings is 3. The molecule has 0 atom stereocenters. The fourth-order valence-corrected chi connectivity index (χ4v) is 4.38. The van der Waals surface area contributed by atoms with Gasteiger partial charge in [0.15, 0.2) is 5.13 Å². The summed E-state index contributed by atoms with van der Waals surface area (Å²) >= 11 is 1.31. The van der Waals surface area contributed by atoms with Crippen LogP contribution in [-0.4, -0.2) is 15.9 Å². The van der Waals surface area contributed by atoms with Crippen LogP contribution in [0.15, 0.2) is 79.0 Å². The Morgan fingerprint density at radius 2 is 1.79 bits per heavy atom. The Morgan fingerprint density at radius 3 is 2.62 bits per heavy atom. The molecule has 0 aliphatic heterocycles. The van der Waals surface area contributed by atoms with Crippen molar-refractivity contribution in [3.8, 4) is 0 Å². The Bertz CT molecular complexity index is 1330. The number of fused-ring (bicyclic) bond motifs is 2. The molecule has 2 heterocycles. The summed E-state index contributed by atoms with van der Waals surface area (Å²) in [6, 6.07) is 22.2. The first-order valence-corrected chi connectivity index (χ1v) is 9.99. The maximum absolute atomic E-state index is 14.2. The van der Waals surface area contributed by atoms with E-state index < -0.39 is 0 Å². The lowest BCUT2D eigenvalue weighted by Gasteiger charge is -2.19. The predicted molar refractivity (Wildman–Crippen MR) is 115 cm³/mol. The number of hydrogen-bond donors (Lipinski definition) is 1. The van der Waals surface area contributed by atoms with Gasteiger partial charge in [0.1, 0.15) is 11.3 Å². The van der Waals surface area contributed by atoms with Crippen molar-refractivity contribution in [3.63, 3.8) is 0 Å². The van der Waals surface area contributed by atoms with E-state index in [0.717, 1.165) is 16.5 Å². The molecule has 5 aromatic rings. The third-order valence-corrected chi connectivity index (χ3v) is 5.88. The Kier molecular flexibility index (Phi) is 4.33. The first kappa shape index (κ1) is 17.6. The zero-order chi connectivity index (χ0) is 19.8. The monoisotopic (exact) mass is 401 g/mol. The van der Waals surface area contributed by atoms with Crippen LogP contribution in [-0.2, 0) is 6.54 Å². The molecule has 0 aliphatic rings. The van der Waals surface area contributed by atoms with E-state index in [1.165, 1.54) is 17.4 Å². The third kappa shape index (κ3) is 3.17. The quantitative estimate of drug-likeness (QED) is 0.416. The van der Waals surface area contributed by atoms with E-state index in [2.05, 4.69) is 9.97 Å². The SMILES string of the molecule is O=C(c1c[nH]c2ccccc12)N(Cc1ccccc1)c1nc2c(F)cccc2s1. The Labute approximate surface area is 170 Å². The standard InChI is InChI=1S/C23H16FN3OS/c24-18-10-6-12-20-21(18)26-23(29-20)27(14-15-7-2-1-3-8-15)22(28)17-13-25-19-11-5-4-9-16(17)19/h1-13,25H,14H2. The lowest BCUT2D eigenvalue weighted by Crippen LogP contribution is -2.30. The number of carbonyl (C=O) groups excluding carboxylic acids is 1. The molecule has 3 aromatic carbocycles. The minimum Gasteiger partial charge on any atom is -0.360 e. The van der Waals surface area contributed by atoms with Crippen LogP contribution < -0.4 is 4.90 Å². The molecule has 1 amide bonds. The van der Waals surface area contributed by atoms with Crippen molar-refractivity contribution >= 4 is 43.5 Å². The molecule has 5 rings (SSSR count). The molecule has 0 fully saturated rings. The molecule has 0 unspecified atom stereocenters. The van der Waals surface area contributed by atoms with Gasteiger partial charge in [-0.3, -0.25) is 9.69 Å². The van der Waals surface area contributed by atoms with Gasteiger partial charge in [-0.2, -0.15) is 0 Å². The number of halogens is 1. The Balaban J connectivity index is 1.63. The second kappa shape index (κ2) is 7.14. The first-order chi connectivity index (χ1) is 14.2. The molecule has 2 aromatic heterocycles. The summed E-state index contributed by atoms with van der Waals surface area (Å²) in [5.74, 6) is -0.560. The van der Waals surface area contributed by atoms with Crippen molar-refractivity contribution in [1.82, 2.24) is 9.97 Å². The maximum atomic E-state index is 14.2. The topological polar surface area (TPSA) is 49.0 Å². The largest absolute Gasteiger partial charge is 0.360 e. The highest BCUT2D eigenvalue weighted by Crippen LogP contribution is 2.33. The van der Waals surface area contributed by atoms with Gasteiger partial charge >= 0.3 is 0 Å². The van der Waals surface area contributed by atoms with Crippen LogP contribution >= 0.6 is 11.3 Å². The molecule has 1 N–H and O–H groups in total. The highest BCUT2D eigenvalue weighted by atomic mass is 32.1. The molecule has 6 heteroatoms. The fraction of sp³-hybridized carbons (Fsp3) is 0.0435. The van der Waals surface area contributed by atoms with Gasteiger partial charge in [0, 0.05) is 17.1 Å². The van der Waals surface area contributed by atoms with Crippen LogP contribution in [0.5, 0.6) is 0 Å². The highest BCUT2D eigenvalue weighted by molar-refractivity contribution is 7.22. The van der Waals surface area contributed by atoms with Crippen LogP contribution in [0.1, 0.15) is 15.9 Å². The number of anilines is 1. The van der Waals surface area contributed by atoms with E-state index in [-0.39, 0.29) is 17.2 Å². The van der Waals surface area contributed by atoms with Crippen LogP contribution in [0.4, 0.5) is 9.52 Å². The summed E-state index contributed by atoms with van der Waals surface area (Å²) < 4.78 is 14.9. The predicted octanol–water partition coefficient (Wildman–Crippen LogP) is 5.76. The van der Waals surface area contributed by atoms with E-state index in [9.17, 15) is 9.18 Å². The average molecular weight is 401 g/mol. The molecule has 0 aliphatic carbocycles. The minimum atomic E-state index is -0.385. The van der Waals surface area contributed by atoms with Crippen LogP contribution in [0.3, 0.4) is 0 Å². The van der Waals surface area contributed by atoms with Crippen molar-refractivity contribution < 1.29 is 9.18 Å². The summed E-state index contributed by atoms with van der Waals surface area (Å²) in [6.07, 6.45) is 1.72. The lowest BCUT2D eigenvalue weighted by atomic mass is 10.1. The zero-order valence-electron chi connectivity index (χ0n) is 15.3. The Hall–Kier alpha value is -3.51. The molecule has 142 valence electrons. The second-order valence-electron chi connectivity index (χ2n) is 6.71. The molecule has 0 saturated heterocycles. The molecule has 29 heavy (non-hydrogen) atoms. The number of aromatic nitrogens is 2. The second-order valence-corrected chi connectivity index (χ2v) is 7.72. The normalized spacial score (nSPS) is 11.2. The molecule has 0 saturated carbocycles. The average Bonchev–Trinajstić information content (AvgIpc) is 3.37.